The maximum atomic E-state index is 13.0. The molecule has 10 heteroatoms. The summed E-state index contributed by atoms with van der Waals surface area (Å²) in [4.78, 5) is 25.8. The van der Waals surface area contributed by atoms with E-state index in [0.717, 1.165) is 0 Å². The maximum Gasteiger partial charge on any atom is 0.428 e. The summed E-state index contributed by atoms with van der Waals surface area (Å²) in [5.41, 5.74) is -0.364. The van der Waals surface area contributed by atoms with E-state index in [0.29, 0.717) is 5.56 Å². The van der Waals surface area contributed by atoms with Crippen molar-refractivity contribution in [1.82, 2.24) is 4.98 Å². The number of amides is 1. The van der Waals surface area contributed by atoms with Gasteiger partial charge < -0.3 is 9.15 Å². The van der Waals surface area contributed by atoms with E-state index in [1.807, 2.05) is 0 Å². The van der Waals surface area contributed by atoms with E-state index in [9.17, 15) is 22.8 Å². The molecule has 2 aromatic heterocycles. The van der Waals surface area contributed by atoms with Crippen molar-refractivity contribution in [2.45, 2.75) is 20.0 Å². The molecule has 0 aliphatic rings. The van der Waals surface area contributed by atoms with E-state index in [-0.39, 0.29) is 28.8 Å². The quantitative estimate of drug-likeness (QED) is 0.856. The Morgan fingerprint density at radius 3 is 2.65 bits per heavy atom. The Balaban J connectivity index is 2.32. The van der Waals surface area contributed by atoms with Crippen LogP contribution in [0.3, 0.4) is 0 Å². The van der Waals surface area contributed by atoms with Crippen molar-refractivity contribution in [2.24, 2.45) is 0 Å². The largest absolute Gasteiger partial charge is 0.461 e. The summed E-state index contributed by atoms with van der Waals surface area (Å²) in [6, 6.07) is 1.53. The Hall–Kier alpha value is -2.36. The van der Waals surface area contributed by atoms with Gasteiger partial charge in [0.05, 0.1) is 12.9 Å². The summed E-state index contributed by atoms with van der Waals surface area (Å²) in [6.45, 7) is 2.96. The number of ether oxygens (including phenoxy) is 1. The average molecular weight is 348 g/mol. The number of alkyl halides is 3. The number of aromatic nitrogens is 1. The van der Waals surface area contributed by atoms with Gasteiger partial charge in [-0.15, -0.1) is 0 Å². The van der Waals surface area contributed by atoms with Gasteiger partial charge in [-0.1, -0.05) is 11.3 Å². The molecular formula is C13H11F3N2O4S. The number of anilines is 1. The van der Waals surface area contributed by atoms with Gasteiger partial charge in [-0.05, 0) is 19.9 Å². The number of carbonyl (C=O) groups is 2. The molecule has 0 unspecified atom stereocenters. The molecule has 23 heavy (non-hydrogen) atoms. The number of nitrogens with zero attached hydrogens (tertiary/aromatic N) is 1. The molecule has 0 atom stereocenters. The monoisotopic (exact) mass is 348 g/mol. The van der Waals surface area contributed by atoms with Gasteiger partial charge >= 0.3 is 12.1 Å². The van der Waals surface area contributed by atoms with Gasteiger partial charge in [0.1, 0.15) is 4.88 Å². The Morgan fingerprint density at radius 2 is 2.13 bits per heavy atom. The highest BCUT2D eigenvalue weighted by molar-refractivity contribution is 7.16. The average Bonchev–Trinajstić information content (AvgIpc) is 3.04. The van der Waals surface area contributed by atoms with Crippen molar-refractivity contribution in [1.29, 1.82) is 0 Å². The lowest BCUT2D eigenvalue weighted by molar-refractivity contribution is -0.135. The van der Waals surface area contributed by atoms with Crippen LogP contribution >= 0.6 is 11.3 Å². The number of rotatable bonds is 4. The second-order valence-corrected chi connectivity index (χ2v) is 5.30. The Kier molecular flexibility index (Phi) is 4.73. The molecule has 0 aliphatic heterocycles. The van der Waals surface area contributed by atoms with E-state index in [1.165, 1.54) is 19.3 Å². The van der Waals surface area contributed by atoms with Crippen LogP contribution in [0, 0.1) is 6.92 Å². The maximum absolute atomic E-state index is 13.0. The van der Waals surface area contributed by atoms with Gasteiger partial charge in [-0.3, -0.25) is 10.1 Å². The standard InChI is InChI=1S/C13H11F3N2O4S/c1-3-21-11(20)7-9(13(14,15)16)23-12(17-7)18-10(19)8-6(2)4-5-22-8/h4-5H,3H2,1-2H3,(H,17,18,19). The minimum atomic E-state index is -4.79. The van der Waals surface area contributed by atoms with E-state index in [1.54, 1.807) is 6.92 Å². The van der Waals surface area contributed by atoms with Crippen LogP contribution in [0.1, 0.15) is 38.4 Å². The molecule has 0 saturated heterocycles. The van der Waals surface area contributed by atoms with Crippen molar-refractivity contribution < 1.29 is 31.9 Å². The number of hydrogen-bond donors (Lipinski definition) is 1. The summed E-state index contributed by atoms with van der Waals surface area (Å²) in [5, 5.41) is 1.81. The zero-order valence-corrected chi connectivity index (χ0v) is 12.8. The summed E-state index contributed by atoms with van der Waals surface area (Å²) in [7, 11) is 0. The highest BCUT2D eigenvalue weighted by atomic mass is 32.1. The predicted octanol–water partition coefficient (Wildman–Crippen LogP) is 3.49. The van der Waals surface area contributed by atoms with Crippen molar-refractivity contribution in [3.63, 3.8) is 0 Å². The minimum Gasteiger partial charge on any atom is -0.461 e. The topological polar surface area (TPSA) is 81.4 Å². The second-order valence-electron chi connectivity index (χ2n) is 4.30. The van der Waals surface area contributed by atoms with Gasteiger partial charge in [0.2, 0.25) is 0 Å². The summed E-state index contributed by atoms with van der Waals surface area (Å²) in [6.07, 6.45) is -3.51. The fraction of sp³-hybridized carbons (Fsp3) is 0.308. The van der Waals surface area contributed by atoms with Crippen LogP contribution in [-0.2, 0) is 10.9 Å². The lowest BCUT2D eigenvalue weighted by Gasteiger charge is -2.04. The Labute approximate surface area is 132 Å². The molecule has 0 saturated carbocycles. The van der Waals surface area contributed by atoms with Crippen LogP contribution in [0.25, 0.3) is 0 Å². The van der Waals surface area contributed by atoms with Crippen molar-refractivity contribution >= 4 is 28.3 Å². The molecule has 6 nitrogen and oxygen atoms in total. The molecule has 0 aromatic carbocycles. The normalized spacial score (nSPS) is 11.3. The van der Waals surface area contributed by atoms with Crippen LogP contribution in [0.15, 0.2) is 16.7 Å². The van der Waals surface area contributed by atoms with E-state index < -0.39 is 28.6 Å². The third kappa shape index (κ3) is 3.70. The first kappa shape index (κ1) is 17.0. The molecule has 0 aliphatic carbocycles. The molecule has 0 fully saturated rings. The van der Waals surface area contributed by atoms with Gasteiger partial charge in [-0.25, -0.2) is 9.78 Å². The Morgan fingerprint density at radius 1 is 1.43 bits per heavy atom. The summed E-state index contributed by atoms with van der Waals surface area (Å²) >= 11 is 0.142. The molecule has 0 spiro atoms. The molecular weight excluding hydrogens is 337 g/mol. The summed E-state index contributed by atoms with van der Waals surface area (Å²) < 4.78 is 48.4. The first-order valence-electron chi connectivity index (χ1n) is 6.34. The van der Waals surface area contributed by atoms with Crippen molar-refractivity contribution in [2.75, 3.05) is 11.9 Å². The smallest absolute Gasteiger partial charge is 0.428 e. The van der Waals surface area contributed by atoms with E-state index in [2.05, 4.69) is 15.0 Å². The number of furan rings is 1. The number of nitrogens with one attached hydrogen (secondary N) is 1. The number of esters is 1. The van der Waals surface area contributed by atoms with E-state index in [4.69, 9.17) is 4.42 Å². The van der Waals surface area contributed by atoms with Crippen LogP contribution in [0.5, 0.6) is 0 Å². The van der Waals surface area contributed by atoms with Gasteiger partial charge in [0.15, 0.2) is 16.6 Å². The number of carbonyl (C=O) groups excluding carboxylic acids is 2. The third-order valence-electron chi connectivity index (χ3n) is 2.64. The first-order valence-corrected chi connectivity index (χ1v) is 7.16. The second kappa shape index (κ2) is 6.41. The lowest BCUT2D eigenvalue weighted by atomic mass is 10.3. The first-order chi connectivity index (χ1) is 10.7. The van der Waals surface area contributed by atoms with Crippen LogP contribution in [-0.4, -0.2) is 23.5 Å². The zero-order valence-electron chi connectivity index (χ0n) is 12.0. The number of halogens is 3. The van der Waals surface area contributed by atoms with Gasteiger partial charge in [0.25, 0.3) is 5.91 Å². The molecule has 1 N–H and O–H groups in total. The SMILES string of the molecule is CCOC(=O)c1nc(NC(=O)c2occc2C)sc1C(F)(F)F. The number of aryl methyl sites for hydroxylation is 1. The molecule has 2 rings (SSSR count). The van der Waals surface area contributed by atoms with Gasteiger partial charge in [0, 0.05) is 5.56 Å². The highest BCUT2D eigenvalue weighted by Gasteiger charge is 2.40. The van der Waals surface area contributed by atoms with Crippen LogP contribution in [0.2, 0.25) is 0 Å². The van der Waals surface area contributed by atoms with Gasteiger partial charge in [-0.2, -0.15) is 13.2 Å². The van der Waals surface area contributed by atoms with E-state index >= 15 is 0 Å². The fourth-order valence-electron chi connectivity index (χ4n) is 1.66. The molecule has 124 valence electrons. The van der Waals surface area contributed by atoms with Crippen LogP contribution < -0.4 is 5.32 Å². The predicted molar refractivity (Wildman–Crippen MR) is 74.5 cm³/mol. The van der Waals surface area contributed by atoms with Crippen LogP contribution in [0.4, 0.5) is 18.3 Å². The lowest BCUT2D eigenvalue weighted by Crippen LogP contribution is -2.14. The molecule has 2 aromatic rings. The third-order valence-corrected chi connectivity index (χ3v) is 3.66. The van der Waals surface area contributed by atoms with Crippen molar-refractivity contribution in [3.05, 3.63) is 34.2 Å². The highest BCUT2D eigenvalue weighted by Crippen LogP contribution is 2.38. The number of hydrogen-bond acceptors (Lipinski definition) is 6. The summed E-state index contributed by atoms with van der Waals surface area (Å²) in [5.74, 6) is -2.01. The fourth-order valence-corrected chi connectivity index (χ4v) is 2.48. The molecule has 0 bridgehead atoms. The number of thiazole rings is 1. The molecule has 1 amide bonds. The zero-order chi connectivity index (χ0) is 17.2. The molecule has 2 heterocycles. The molecule has 0 radical (unpaired) electrons. The van der Waals surface area contributed by atoms with Crippen molar-refractivity contribution in [3.8, 4) is 0 Å². The minimum absolute atomic E-state index is 0.0496. The Bertz CT molecular complexity index is 736.